The van der Waals surface area contributed by atoms with Crippen molar-refractivity contribution in [3.8, 4) is 5.75 Å². The Morgan fingerprint density at radius 1 is 1.47 bits per heavy atom. The van der Waals surface area contributed by atoms with Gasteiger partial charge >= 0.3 is 0 Å². The van der Waals surface area contributed by atoms with Crippen LogP contribution in [0.5, 0.6) is 5.75 Å². The Bertz CT molecular complexity index is 661. The Hall–Kier alpha value is -1.07. The van der Waals surface area contributed by atoms with Gasteiger partial charge in [-0.05, 0) is 17.2 Å². The molecular weight excluding hydrogens is 287 g/mol. The summed E-state index contributed by atoms with van der Waals surface area (Å²) in [6.07, 6.45) is 1.77. The van der Waals surface area contributed by atoms with E-state index in [2.05, 4.69) is 10.3 Å². The van der Waals surface area contributed by atoms with Crippen LogP contribution in [0.25, 0.3) is 10.9 Å². The smallest absolute Gasteiger partial charge is 0.139 e. The zero-order valence-corrected chi connectivity index (χ0v) is 11.7. The van der Waals surface area contributed by atoms with Crippen molar-refractivity contribution in [3.63, 3.8) is 0 Å². The molecule has 0 spiro atoms. The Morgan fingerprint density at radius 3 is 2.95 bits per heavy atom. The summed E-state index contributed by atoms with van der Waals surface area (Å²) < 4.78 is 5.24. The maximum Gasteiger partial charge on any atom is 0.139 e. The third-order valence-electron chi connectivity index (χ3n) is 3.42. The summed E-state index contributed by atoms with van der Waals surface area (Å²) in [7, 11) is 1.54. The molecule has 0 fully saturated rings. The predicted octanol–water partition coefficient (Wildman–Crippen LogP) is 2.69. The van der Waals surface area contributed by atoms with Crippen LogP contribution in [0, 0.1) is 0 Å². The summed E-state index contributed by atoms with van der Waals surface area (Å²) in [5, 5.41) is 14.3. The fourth-order valence-corrected chi connectivity index (χ4v) is 2.97. The van der Waals surface area contributed by atoms with Crippen LogP contribution in [-0.4, -0.2) is 23.8 Å². The van der Waals surface area contributed by atoms with E-state index in [0.717, 1.165) is 16.5 Å². The summed E-state index contributed by atoms with van der Waals surface area (Å²) in [4.78, 5) is 4.36. The minimum absolute atomic E-state index is 0.0225. The van der Waals surface area contributed by atoms with Crippen molar-refractivity contribution in [3.05, 3.63) is 33.4 Å². The molecule has 0 aliphatic carbocycles. The van der Waals surface area contributed by atoms with Crippen LogP contribution in [-0.2, 0) is 6.54 Å². The molecule has 19 heavy (non-hydrogen) atoms. The van der Waals surface area contributed by atoms with Crippen molar-refractivity contribution >= 4 is 34.1 Å². The second-order valence-corrected chi connectivity index (χ2v) is 5.17. The average molecular weight is 299 g/mol. The van der Waals surface area contributed by atoms with Crippen LogP contribution in [0.2, 0.25) is 10.0 Å². The van der Waals surface area contributed by atoms with E-state index in [1.807, 2.05) is 6.07 Å². The molecule has 0 saturated heterocycles. The molecule has 2 heterocycles. The first kappa shape index (κ1) is 12.9. The second-order valence-electron chi connectivity index (χ2n) is 4.42. The maximum absolute atomic E-state index is 9.45. The maximum atomic E-state index is 9.45. The van der Waals surface area contributed by atoms with E-state index in [1.54, 1.807) is 13.3 Å². The van der Waals surface area contributed by atoms with Crippen molar-refractivity contribution in [2.24, 2.45) is 0 Å². The van der Waals surface area contributed by atoms with E-state index >= 15 is 0 Å². The summed E-state index contributed by atoms with van der Waals surface area (Å²) >= 11 is 12.4. The summed E-state index contributed by atoms with van der Waals surface area (Å²) in [6.45, 7) is 0.709. The summed E-state index contributed by atoms with van der Waals surface area (Å²) in [5.41, 5.74) is 2.71. The van der Waals surface area contributed by atoms with Gasteiger partial charge in [-0.1, -0.05) is 23.2 Å². The van der Waals surface area contributed by atoms with Gasteiger partial charge in [0.1, 0.15) is 10.8 Å². The summed E-state index contributed by atoms with van der Waals surface area (Å²) in [5.74, 6) is 0.512. The van der Waals surface area contributed by atoms with Gasteiger partial charge in [0, 0.05) is 18.1 Å². The number of benzene rings is 1. The minimum Gasteiger partial charge on any atom is -0.495 e. The number of halogens is 2. The fourth-order valence-electron chi connectivity index (χ4n) is 2.50. The Morgan fingerprint density at radius 2 is 2.26 bits per heavy atom. The van der Waals surface area contributed by atoms with Crippen molar-refractivity contribution in [1.29, 1.82) is 0 Å². The van der Waals surface area contributed by atoms with Gasteiger partial charge in [0.15, 0.2) is 0 Å². The topological polar surface area (TPSA) is 54.4 Å². The standard InChI is InChI=1S/C13H12Cl2N2O2/c1-19-9-2-7-10-6(3-16-8(10)5-18)4-17-13(7)12(15)11(9)14/h2,4,8,16,18H,3,5H2,1H3. The Balaban J connectivity index is 2.37. The molecule has 0 amide bonds. The largest absolute Gasteiger partial charge is 0.495 e. The number of nitrogens with zero attached hydrogens (tertiary/aromatic N) is 1. The molecule has 1 aromatic heterocycles. The van der Waals surface area contributed by atoms with E-state index in [9.17, 15) is 5.11 Å². The minimum atomic E-state index is -0.109. The third kappa shape index (κ3) is 1.87. The predicted molar refractivity (Wildman–Crippen MR) is 75.0 cm³/mol. The molecule has 1 atom stereocenters. The molecule has 100 valence electrons. The first-order valence-electron chi connectivity index (χ1n) is 5.85. The number of rotatable bonds is 2. The zero-order valence-electron chi connectivity index (χ0n) is 10.2. The molecular formula is C13H12Cl2N2O2. The van der Waals surface area contributed by atoms with E-state index in [1.165, 1.54) is 0 Å². The highest BCUT2D eigenvalue weighted by molar-refractivity contribution is 6.46. The fraction of sp³-hybridized carbons (Fsp3) is 0.308. The highest BCUT2D eigenvalue weighted by Crippen LogP contribution is 2.41. The molecule has 1 aromatic carbocycles. The molecule has 4 nitrogen and oxygen atoms in total. The lowest BCUT2D eigenvalue weighted by atomic mass is 10.0. The highest BCUT2D eigenvalue weighted by atomic mass is 35.5. The molecule has 1 unspecified atom stereocenters. The van der Waals surface area contributed by atoms with Crippen LogP contribution < -0.4 is 10.1 Å². The molecule has 2 aromatic rings. The number of fused-ring (bicyclic) bond motifs is 3. The van der Waals surface area contributed by atoms with Gasteiger partial charge in [0.25, 0.3) is 0 Å². The van der Waals surface area contributed by atoms with E-state index in [-0.39, 0.29) is 12.6 Å². The molecule has 6 heteroatoms. The molecule has 3 rings (SSSR count). The molecule has 0 saturated carbocycles. The van der Waals surface area contributed by atoms with Gasteiger partial charge in [0.2, 0.25) is 0 Å². The van der Waals surface area contributed by atoms with Crippen LogP contribution in [0.4, 0.5) is 0 Å². The van der Waals surface area contributed by atoms with E-state index < -0.39 is 0 Å². The van der Waals surface area contributed by atoms with Gasteiger partial charge in [-0.2, -0.15) is 0 Å². The van der Waals surface area contributed by atoms with Gasteiger partial charge < -0.3 is 15.2 Å². The number of aliphatic hydroxyl groups is 1. The monoisotopic (exact) mass is 298 g/mol. The first-order chi connectivity index (χ1) is 9.17. The normalized spacial score (nSPS) is 17.8. The SMILES string of the molecule is COc1cc2c3c(cnc2c(Cl)c1Cl)CNC3CO. The molecule has 1 aliphatic rings. The Labute approximate surface area is 120 Å². The first-order valence-corrected chi connectivity index (χ1v) is 6.60. The zero-order chi connectivity index (χ0) is 13.6. The van der Waals surface area contributed by atoms with Gasteiger partial charge in [-0.25, -0.2) is 0 Å². The lowest BCUT2D eigenvalue weighted by molar-refractivity contribution is 0.252. The van der Waals surface area contributed by atoms with Gasteiger partial charge in [-0.15, -0.1) is 0 Å². The van der Waals surface area contributed by atoms with E-state index in [0.29, 0.717) is 27.9 Å². The Kier molecular flexibility index (Phi) is 3.27. The summed E-state index contributed by atoms with van der Waals surface area (Å²) in [6, 6.07) is 1.72. The third-order valence-corrected chi connectivity index (χ3v) is 4.26. The number of aliphatic hydroxyl groups excluding tert-OH is 1. The van der Waals surface area contributed by atoms with Crippen molar-refractivity contribution in [2.45, 2.75) is 12.6 Å². The molecule has 2 N–H and O–H groups in total. The molecule has 0 radical (unpaired) electrons. The lowest BCUT2D eigenvalue weighted by Gasteiger charge is -2.14. The number of aromatic nitrogens is 1. The number of pyridine rings is 1. The van der Waals surface area contributed by atoms with Gasteiger partial charge in [-0.3, -0.25) is 4.98 Å². The van der Waals surface area contributed by atoms with E-state index in [4.69, 9.17) is 27.9 Å². The molecule has 0 bridgehead atoms. The van der Waals surface area contributed by atoms with Crippen molar-refractivity contribution < 1.29 is 9.84 Å². The average Bonchev–Trinajstić information content (AvgIpc) is 2.85. The quantitative estimate of drug-likeness (QED) is 0.895. The molecule has 1 aliphatic heterocycles. The van der Waals surface area contributed by atoms with Crippen LogP contribution in [0.15, 0.2) is 12.3 Å². The number of nitrogens with one attached hydrogen (secondary N) is 1. The van der Waals surface area contributed by atoms with Crippen LogP contribution >= 0.6 is 23.2 Å². The van der Waals surface area contributed by atoms with Crippen LogP contribution in [0.3, 0.4) is 0 Å². The number of methoxy groups -OCH3 is 1. The second kappa shape index (κ2) is 4.80. The number of ether oxygens (including phenoxy) is 1. The lowest BCUT2D eigenvalue weighted by Crippen LogP contribution is -2.15. The van der Waals surface area contributed by atoms with Gasteiger partial charge in [0.05, 0.1) is 30.3 Å². The van der Waals surface area contributed by atoms with Crippen molar-refractivity contribution in [2.75, 3.05) is 13.7 Å². The number of hydrogen-bond acceptors (Lipinski definition) is 4. The highest BCUT2D eigenvalue weighted by Gasteiger charge is 2.26. The number of hydrogen-bond donors (Lipinski definition) is 2. The van der Waals surface area contributed by atoms with Crippen LogP contribution in [0.1, 0.15) is 17.2 Å². The van der Waals surface area contributed by atoms with Crippen molar-refractivity contribution in [1.82, 2.24) is 10.3 Å².